The van der Waals surface area contributed by atoms with Crippen LogP contribution in [0.5, 0.6) is 5.75 Å². The summed E-state index contributed by atoms with van der Waals surface area (Å²) in [6, 6.07) is 12.5. The number of carbonyl (C=O) groups is 4. The first kappa shape index (κ1) is 22.1. The molecule has 0 aromatic heterocycles. The lowest BCUT2D eigenvalue weighted by atomic mass is 9.85. The Morgan fingerprint density at radius 2 is 1.56 bits per heavy atom. The van der Waals surface area contributed by atoms with Gasteiger partial charge in [-0.1, -0.05) is 30.4 Å². The lowest BCUT2D eigenvalue weighted by Gasteiger charge is -2.19. The number of esters is 1. The fourth-order valence-electron chi connectivity index (χ4n) is 5.14. The molecule has 0 bridgehead atoms. The molecule has 34 heavy (non-hydrogen) atoms. The smallest absolute Gasteiger partial charge is 0.316 e. The van der Waals surface area contributed by atoms with Crippen molar-refractivity contribution in [3.63, 3.8) is 0 Å². The molecule has 7 nitrogen and oxygen atoms in total. The second-order valence-corrected chi connectivity index (χ2v) is 9.23. The number of fused-ring (bicyclic) bond motifs is 1. The number of hydrogen-bond acceptors (Lipinski definition) is 5. The molecule has 1 aliphatic carbocycles. The van der Waals surface area contributed by atoms with Crippen molar-refractivity contribution in [3.05, 3.63) is 65.7 Å². The van der Waals surface area contributed by atoms with Crippen molar-refractivity contribution in [1.29, 1.82) is 0 Å². The molecule has 3 aliphatic rings. The zero-order valence-corrected chi connectivity index (χ0v) is 19.2. The molecule has 5 rings (SSSR count). The number of anilines is 2. The van der Waals surface area contributed by atoms with Crippen LogP contribution in [0.3, 0.4) is 0 Å². The van der Waals surface area contributed by atoms with Gasteiger partial charge in [0.1, 0.15) is 5.75 Å². The molecule has 2 aromatic rings. The SMILES string of the molecule is Cc1ccccc1N1C[C@H](C(=O)Oc2ccc(N3C(=O)[C@H]4CC=CC[C@H]4C3=O)c(C)c2)CC1=O. The molecule has 2 fully saturated rings. The molecule has 2 heterocycles. The first-order valence-corrected chi connectivity index (χ1v) is 11.6. The van der Waals surface area contributed by atoms with Gasteiger partial charge in [-0.05, 0) is 62.1 Å². The average molecular weight is 459 g/mol. The van der Waals surface area contributed by atoms with Crippen LogP contribution in [0.2, 0.25) is 0 Å². The minimum absolute atomic E-state index is 0.0951. The van der Waals surface area contributed by atoms with E-state index in [1.54, 1.807) is 30.0 Å². The minimum atomic E-state index is -0.565. The number of para-hydroxylation sites is 1. The first-order chi connectivity index (χ1) is 16.3. The molecule has 7 heteroatoms. The largest absolute Gasteiger partial charge is 0.426 e. The predicted molar refractivity (Wildman–Crippen MR) is 126 cm³/mol. The van der Waals surface area contributed by atoms with Crippen LogP contribution in [0.1, 0.15) is 30.4 Å². The highest BCUT2D eigenvalue weighted by Gasteiger charge is 2.48. The predicted octanol–water partition coefficient (Wildman–Crippen LogP) is 3.72. The Balaban J connectivity index is 1.29. The van der Waals surface area contributed by atoms with Gasteiger partial charge >= 0.3 is 5.97 Å². The highest BCUT2D eigenvalue weighted by molar-refractivity contribution is 6.22. The van der Waals surface area contributed by atoms with Gasteiger partial charge in [-0.3, -0.25) is 19.2 Å². The highest BCUT2D eigenvalue weighted by atomic mass is 16.5. The second-order valence-electron chi connectivity index (χ2n) is 9.23. The summed E-state index contributed by atoms with van der Waals surface area (Å²) >= 11 is 0. The third-order valence-corrected chi connectivity index (χ3v) is 7.00. The number of imide groups is 1. The van der Waals surface area contributed by atoms with Crippen LogP contribution in [0.15, 0.2) is 54.6 Å². The van der Waals surface area contributed by atoms with E-state index in [-0.39, 0.29) is 42.5 Å². The number of carbonyl (C=O) groups excluding carboxylic acids is 4. The van der Waals surface area contributed by atoms with E-state index in [0.717, 1.165) is 11.3 Å². The quantitative estimate of drug-likeness (QED) is 0.302. The molecule has 2 saturated heterocycles. The van der Waals surface area contributed by atoms with Crippen LogP contribution in [0, 0.1) is 31.6 Å². The van der Waals surface area contributed by atoms with Crippen molar-refractivity contribution < 1.29 is 23.9 Å². The summed E-state index contributed by atoms with van der Waals surface area (Å²) in [4.78, 5) is 54.1. The Morgan fingerprint density at radius 3 is 2.21 bits per heavy atom. The lowest BCUT2D eigenvalue weighted by molar-refractivity contribution is -0.139. The molecule has 2 aliphatic heterocycles. The Labute approximate surface area is 198 Å². The Hall–Kier alpha value is -3.74. The van der Waals surface area contributed by atoms with Gasteiger partial charge in [0.15, 0.2) is 0 Å². The van der Waals surface area contributed by atoms with E-state index >= 15 is 0 Å². The normalized spacial score (nSPS) is 24.1. The maximum Gasteiger partial charge on any atom is 0.316 e. The highest BCUT2D eigenvalue weighted by Crippen LogP contribution is 2.39. The van der Waals surface area contributed by atoms with E-state index < -0.39 is 11.9 Å². The zero-order chi connectivity index (χ0) is 24.0. The van der Waals surface area contributed by atoms with E-state index in [4.69, 9.17) is 4.74 Å². The topological polar surface area (TPSA) is 84.0 Å². The first-order valence-electron chi connectivity index (χ1n) is 11.6. The average Bonchev–Trinajstić information content (AvgIpc) is 3.33. The Morgan fingerprint density at radius 1 is 0.882 bits per heavy atom. The van der Waals surface area contributed by atoms with Gasteiger partial charge < -0.3 is 9.64 Å². The number of amides is 3. The van der Waals surface area contributed by atoms with Crippen molar-refractivity contribution in [2.24, 2.45) is 17.8 Å². The third kappa shape index (κ3) is 3.71. The maximum absolute atomic E-state index is 12.9. The van der Waals surface area contributed by atoms with Crippen molar-refractivity contribution in [2.75, 3.05) is 16.3 Å². The molecule has 0 spiro atoms. The molecule has 3 atom stereocenters. The van der Waals surface area contributed by atoms with Gasteiger partial charge in [0.2, 0.25) is 17.7 Å². The molecule has 0 radical (unpaired) electrons. The monoisotopic (exact) mass is 458 g/mol. The van der Waals surface area contributed by atoms with Gasteiger partial charge in [-0.15, -0.1) is 0 Å². The summed E-state index contributed by atoms with van der Waals surface area (Å²) < 4.78 is 5.59. The maximum atomic E-state index is 12.9. The standard InChI is InChI=1S/C27H26N2O5/c1-16-7-3-6-10-22(16)28-15-18(14-24(28)30)27(33)34-19-11-12-23(17(2)13-19)29-25(31)20-8-4-5-9-21(20)26(29)32/h3-7,10-13,18,20-21H,8-9,14-15H2,1-2H3/t18-,20-,21+/m1/s1. The van der Waals surface area contributed by atoms with Crippen molar-refractivity contribution in [2.45, 2.75) is 33.1 Å². The number of hydrogen-bond donors (Lipinski definition) is 0. The van der Waals surface area contributed by atoms with Gasteiger partial charge in [-0.2, -0.15) is 0 Å². The molecule has 2 aromatic carbocycles. The lowest BCUT2D eigenvalue weighted by Crippen LogP contribution is -2.31. The number of rotatable bonds is 4. The molecule has 174 valence electrons. The fourth-order valence-corrected chi connectivity index (χ4v) is 5.14. The minimum Gasteiger partial charge on any atom is -0.426 e. The molecular formula is C27H26N2O5. The van der Waals surface area contributed by atoms with Gasteiger partial charge in [0, 0.05) is 18.7 Å². The number of aryl methyl sites for hydroxylation is 2. The molecule has 0 unspecified atom stereocenters. The zero-order valence-electron chi connectivity index (χ0n) is 19.2. The Bertz CT molecular complexity index is 1210. The van der Waals surface area contributed by atoms with E-state index in [2.05, 4.69) is 0 Å². The van der Waals surface area contributed by atoms with Crippen LogP contribution in [0.4, 0.5) is 11.4 Å². The number of nitrogens with zero attached hydrogens (tertiary/aromatic N) is 2. The summed E-state index contributed by atoms with van der Waals surface area (Å²) in [5.41, 5.74) is 2.96. The second kappa shape index (κ2) is 8.56. The number of ether oxygens (including phenoxy) is 1. The van der Waals surface area contributed by atoms with E-state index in [1.165, 1.54) is 4.90 Å². The van der Waals surface area contributed by atoms with Gasteiger partial charge in [0.25, 0.3) is 0 Å². The third-order valence-electron chi connectivity index (χ3n) is 7.00. The van der Waals surface area contributed by atoms with Gasteiger partial charge in [0.05, 0.1) is 23.4 Å². The number of benzene rings is 2. The Kier molecular flexibility index (Phi) is 5.55. The molecule has 0 N–H and O–H groups in total. The van der Waals surface area contributed by atoms with Crippen LogP contribution in [-0.2, 0) is 19.2 Å². The van der Waals surface area contributed by atoms with Crippen molar-refractivity contribution in [1.82, 2.24) is 0 Å². The van der Waals surface area contributed by atoms with Crippen LogP contribution >= 0.6 is 0 Å². The van der Waals surface area contributed by atoms with Crippen LogP contribution in [0.25, 0.3) is 0 Å². The molecule has 0 saturated carbocycles. The summed E-state index contributed by atoms with van der Waals surface area (Å²) in [5, 5.41) is 0. The van der Waals surface area contributed by atoms with E-state index in [9.17, 15) is 19.2 Å². The van der Waals surface area contributed by atoms with E-state index in [1.807, 2.05) is 43.3 Å². The van der Waals surface area contributed by atoms with Crippen LogP contribution < -0.4 is 14.5 Å². The van der Waals surface area contributed by atoms with Crippen molar-refractivity contribution in [3.8, 4) is 5.75 Å². The number of allylic oxidation sites excluding steroid dienone is 2. The van der Waals surface area contributed by atoms with Crippen LogP contribution in [-0.4, -0.2) is 30.2 Å². The van der Waals surface area contributed by atoms with Gasteiger partial charge in [-0.25, -0.2) is 4.90 Å². The summed E-state index contributed by atoms with van der Waals surface area (Å²) in [6.45, 7) is 3.99. The summed E-state index contributed by atoms with van der Waals surface area (Å²) in [7, 11) is 0. The fraction of sp³-hybridized carbons (Fsp3) is 0.333. The van der Waals surface area contributed by atoms with Crippen molar-refractivity contribution >= 4 is 35.1 Å². The summed E-state index contributed by atoms with van der Waals surface area (Å²) in [6.07, 6.45) is 5.18. The summed E-state index contributed by atoms with van der Waals surface area (Å²) in [5.74, 6) is -1.76. The molecular weight excluding hydrogens is 432 g/mol. The van der Waals surface area contributed by atoms with E-state index in [0.29, 0.717) is 29.8 Å². The molecule has 3 amide bonds.